The zero-order chi connectivity index (χ0) is 28.3. The highest BCUT2D eigenvalue weighted by Gasteiger charge is 2.51. The average Bonchev–Trinajstić information content (AvgIpc) is 3.42. The number of benzene rings is 1. The van der Waals surface area contributed by atoms with Crippen LogP contribution in [-0.4, -0.2) is 68.4 Å². The molecule has 1 fully saturated rings. The molecule has 4 atom stereocenters. The Balaban J connectivity index is 1.64. The number of esters is 3. The van der Waals surface area contributed by atoms with Crippen molar-refractivity contribution >= 4 is 69.8 Å². The molecule has 14 nitrogen and oxygen atoms in total. The third kappa shape index (κ3) is 6.35. The van der Waals surface area contributed by atoms with E-state index in [0.29, 0.717) is 0 Å². The maximum absolute atomic E-state index is 12.7. The topological polar surface area (TPSA) is 173 Å². The zero-order valence-corrected chi connectivity index (χ0v) is 22.2. The molecule has 1 aliphatic rings. The molecule has 39 heavy (non-hydrogen) atoms. The second-order valence-electron chi connectivity index (χ2n) is 8.24. The van der Waals surface area contributed by atoms with Gasteiger partial charge in [0.05, 0.1) is 22.1 Å². The predicted molar refractivity (Wildman–Crippen MR) is 136 cm³/mol. The summed E-state index contributed by atoms with van der Waals surface area (Å²) in [5, 5.41) is 5.58. The van der Waals surface area contributed by atoms with Gasteiger partial charge in [0.2, 0.25) is 0 Å². The number of fused-ring (bicyclic) bond motifs is 1. The van der Waals surface area contributed by atoms with Crippen molar-refractivity contribution in [2.24, 2.45) is 0 Å². The van der Waals surface area contributed by atoms with Gasteiger partial charge in [0.15, 0.2) is 35.4 Å². The normalized spacial score (nSPS) is 20.3. The fourth-order valence-corrected chi connectivity index (χ4v) is 4.41. The Labute approximate surface area is 230 Å². The lowest BCUT2D eigenvalue weighted by atomic mass is 10.1. The van der Waals surface area contributed by atoms with Gasteiger partial charge in [-0.3, -0.25) is 24.3 Å². The van der Waals surface area contributed by atoms with Crippen LogP contribution >= 0.6 is 23.2 Å². The van der Waals surface area contributed by atoms with Crippen molar-refractivity contribution in [1.82, 2.24) is 19.5 Å². The van der Waals surface area contributed by atoms with Crippen LogP contribution < -0.4 is 10.6 Å². The van der Waals surface area contributed by atoms with Gasteiger partial charge >= 0.3 is 23.9 Å². The lowest BCUT2D eigenvalue weighted by Crippen LogP contribution is -2.40. The molecule has 0 bridgehead atoms. The number of amides is 2. The summed E-state index contributed by atoms with van der Waals surface area (Å²) >= 11 is 12.2. The molecule has 0 unspecified atom stereocenters. The summed E-state index contributed by atoms with van der Waals surface area (Å²) in [6.45, 7) is 3.29. The molecule has 1 aromatic carbocycles. The number of anilines is 2. The molecule has 0 spiro atoms. The quantitative estimate of drug-likeness (QED) is 0.310. The number of rotatable bonds is 7. The summed E-state index contributed by atoms with van der Waals surface area (Å²) in [4.78, 5) is 60.4. The van der Waals surface area contributed by atoms with E-state index in [0.717, 1.165) is 0 Å². The van der Waals surface area contributed by atoms with Crippen molar-refractivity contribution in [1.29, 1.82) is 0 Å². The van der Waals surface area contributed by atoms with E-state index < -0.39 is 48.5 Å². The molecule has 2 aromatic heterocycles. The number of carbonyl (C=O) groups is 4. The van der Waals surface area contributed by atoms with E-state index >= 15 is 0 Å². The number of halogens is 2. The molecule has 206 valence electrons. The first-order valence-corrected chi connectivity index (χ1v) is 12.1. The summed E-state index contributed by atoms with van der Waals surface area (Å²) in [6, 6.07) is 4.05. The lowest BCUT2D eigenvalue weighted by Gasteiger charge is -2.23. The van der Waals surface area contributed by atoms with Crippen molar-refractivity contribution in [3.63, 3.8) is 0 Å². The van der Waals surface area contributed by atoms with Gasteiger partial charge in [0, 0.05) is 20.8 Å². The minimum atomic E-state index is -1.15. The summed E-state index contributed by atoms with van der Waals surface area (Å²) in [7, 11) is 0. The van der Waals surface area contributed by atoms with Gasteiger partial charge < -0.3 is 24.3 Å². The number of hydrogen-bond donors (Lipinski definition) is 2. The molecule has 1 aliphatic heterocycles. The maximum atomic E-state index is 12.7. The van der Waals surface area contributed by atoms with Crippen molar-refractivity contribution in [2.75, 3.05) is 17.2 Å². The van der Waals surface area contributed by atoms with E-state index in [1.54, 1.807) is 18.2 Å². The van der Waals surface area contributed by atoms with Gasteiger partial charge in [-0.25, -0.2) is 19.7 Å². The average molecular weight is 581 g/mol. The zero-order valence-electron chi connectivity index (χ0n) is 20.7. The second-order valence-corrected chi connectivity index (χ2v) is 9.05. The van der Waals surface area contributed by atoms with Crippen LogP contribution in [0.4, 0.5) is 16.3 Å². The maximum Gasteiger partial charge on any atom is 0.324 e. The van der Waals surface area contributed by atoms with Crippen LogP contribution in [0, 0.1) is 0 Å². The van der Waals surface area contributed by atoms with E-state index in [9.17, 15) is 19.2 Å². The van der Waals surface area contributed by atoms with E-state index in [1.807, 2.05) is 0 Å². The van der Waals surface area contributed by atoms with Crippen LogP contribution in [0.1, 0.15) is 27.0 Å². The Morgan fingerprint density at radius 3 is 2.26 bits per heavy atom. The first-order chi connectivity index (χ1) is 18.5. The second kappa shape index (κ2) is 11.8. The van der Waals surface area contributed by atoms with Crippen molar-refractivity contribution in [3.05, 3.63) is 40.9 Å². The number of nitrogens with zero attached hydrogens (tertiary/aromatic N) is 4. The van der Waals surface area contributed by atoms with Crippen molar-refractivity contribution in [3.8, 4) is 0 Å². The highest BCUT2D eigenvalue weighted by molar-refractivity contribution is 6.39. The lowest BCUT2D eigenvalue weighted by molar-refractivity contribution is -0.166. The SMILES string of the molecule is CC(=O)OC[C@H]1O[C@@H](n2cnc3c(NC(=O)Nc4c(Cl)cccc4Cl)ncnc32)[C@H](OC(C)=O)[C@@H]1OC(C)=O. The molecule has 0 saturated carbocycles. The largest absolute Gasteiger partial charge is 0.463 e. The molecule has 0 aliphatic carbocycles. The Bertz CT molecular complexity index is 1410. The Kier molecular flexibility index (Phi) is 8.47. The van der Waals surface area contributed by atoms with Gasteiger partial charge in [-0.1, -0.05) is 29.3 Å². The molecule has 16 heteroatoms. The third-order valence-corrected chi connectivity index (χ3v) is 6.04. The van der Waals surface area contributed by atoms with Gasteiger partial charge in [0.1, 0.15) is 19.0 Å². The first kappa shape index (κ1) is 28.0. The van der Waals surface area contributed by atoms with Crippen LogP contribution in [0.25, 0.3) is 11.2 Å². The monoisotopic (exact) mass is 580 g/mol. The van der Waals surface area contributed by atoms with Gasteiger partial charge in [-0.15, -0.1) is 0 Å². The summed E-state index contributed by atoms with van der Waals surface area (Å²) in [6.07, 6.45) is -1.83. The number of imidazole rings is 1. The molecule has 1 saturated heterocycles. The molecule has 3 aromatic rings. The molecule has 3 heterocycles. The standard InChI is InChI=1S/C23H22Cl2N6O8/c1-10(32)36-7-15-18(37-11(2)33)19(38-12(3)34)22(39-15)31-9-28-17-20(26-8-27-21(17)31)30-23(35)29-16-13(24)5-4-6-14(16)25/h4-6,8-9,15,18-19,22H,7H2,1-3H3,(H2,26,27,29,30,35)/t15-,18-,19-,22-/m1/s1. The summed E-state index contributed by atoms with van der Waals surface area (Å²) in [5.41, 5.74) is 0.552. The van der Waals surface area contributed by atoms with Crippen LogP contribution in [0.3, 0.4) is 0 Å². The van der Waals surface area contributed by atoms with E-state index in [-0.39, 0.29) is 39.3 Å². The number of aromatic nitrogens is 4. The first-order valence-electron chi connectivity index (χ1n) is 11.4. The predicted octanol–water partition coefficient (Wildman–Crippen LogP) is 3.10. The fourth-order valence-electron chi connectivity index (χ4n) is 3.92. The molecule has 0 radical (unpaired) electrons. The minimum absolute atomic E-state index is 0.0365. The minimum Gasteiger partial charge on any atom is -0.463 e. The van der Waals surface area contributed by atoms with Gasteiger partial charge in [-0.05, 0) is 12.1 Å². The Morgan fingerprint density at radius 2 is 1.62 bits per heavy atom. The highest BCUT2D eigenvalue weighted by atomic mass is 35.5. The molecule has 2 N–H and O–H groups in total. The van der Waals surface area contributed by atoms with Crippen molar-refractivity contribution < 1.29 is 38.1 Å². The summed E-state index contributed by atoms with van der Waals surface area (Å²) < 4.78 is 23.3. The van der Waals surface area contributed by atoms with E-state index in [1.165, 1.54) is 38.0 Å². The van der Waals surface area contributed by atoms with Crippen LogP contribution in [0.15, 0.2) is 30.9 Å². The molecule has 2 amide bonds. The number of nitrogens with one attached hydrogen (secondary N) is 2. The van der Waals surface area contributed by atoms with Gasteiger partial charge in [-0.2, -0.15) is 0 Å². The molecular weight excluding hydrogens is 559 g/mol. The third-order valence-electron chi connectivity index (χ3n) is 5.41. The van der Waals surface area contributed by atoms with Crippen LogP contribution in [0.5, 0.6) is 0 Å². The number of para-hydroxylation sites is 1. The number of carbonyl (C=O) groups excluding carboxylic acids is 4. The van der Waals surface area contributed by atoms with Crippen molar-refractivity contribution in [2.45, 2.75) is 45.3 Å². The molecular formula is C23H22Cl2N6O8. The Morgan fingerprint density at radius 1 is 0.949 bits per heavy atom. The number of ether oxygens (including phenoxy) is 4. The molecule has 4 rings (SSSR count). The van der Waals surface area contributed by atoms with Crippen LogP contribution in [0.2, 0.25) is 10.0 Å². The Hall–Kier alpha value is -4.01. The number of urea groups is 1. The van der Waals surface area contributed by atoms with Gasteiger partial charge in [0.25, 0.3) is 0 Å². The van der Waals surface area contributed by atoms with E-state index in [2.05, 4.69) is 25.6 Å². The fraction of sp³-hybridized carbons (Fsp3) is 0.348. The van der Waals surface area contributed by atoms with Crippen LogP contribution in [-0.2, 0) is 33.3 Å². The van der Waals surface area contributed by atoms with E-state index in [4.69, 9.17) is 42.1 Å². The highest BCUT2D eigenvalue weighted by Crippen LogP contribution is 2.36. The number of hydrogen-bond acceptors (Lipinski definition) is 11. The summed E-state index contributed by atoms with van der Waals surface area (Å²) in [5.74, 6) is -1.88. The smallest absolute Gasteiger partial charge is 0.324 e.